The second-order valence-electron chi connectivity index (χ2n) is 5.55. The number of rotatable bonds is 2. The molecule has 0 saturated heterocycles. The Hall–Kier alpha value is -3.08. The Kier molecular flexibility index (Phi) is 3.76. The van der Waals surface area contributed by atoms with Gasteiger partial charge in [-0.05, 0) is 31.2 Å². The largest absolute Gasteiger partial charge is 0.281 e. The number of hydrogen-bond donors (Lipinski definition) is 0. The van der Waals surface area contributed by atoms with Crippen molar-refractivity contribution in [2.24, 2.45) is 9.98 Å². The Bertz CT molecular complexity index is 1060. The Morgan fingerprint density at radius 2 is 2.00 bits per heavy atom. The van der Waals surface area contributed by atoms with Gasteiger partial charge in [0.25, 0.3) is 0 Å². The number of fused-ring (bicyclic) bond motifs is 3. The van der Waals surface area contributed by atoms with Crippen LogP contribution in [-0.2, 0) is 11.3 Å². The Balaban J connectivity index is 2.03. The number of aryl methyl sites for hydroxylation is 1. The molecule has 0 spiro atoms. The highest BCUT2D eigenvalue weighted by atomic mass is 35.5. The number of carbonyl (C=O) groups excluding carboxylic acids is 1. The lowest BCUT2D eigenvalue weighted by Crippen LogP contribution is -2.08. The fourth-order valence-electron chi connectivity index (χ4n) is 2.97. The first-order chi connectivity index (χ1) is 12.2. The number of aromatic nitrogens is 3. The first-order valence-electron chi connectivity index (χ1n) is 7.62. The van der Waals surface area contributed by atoms with E-state index in [9.17, 15) is 4.79 Å². The molecule has 4 rings (SSSR count). The minimum atomic E-state index is 0.377. The Morgan fingerprint density at radius 3 is 2.80 bits per heavy atom. The van der Waals surface area contributed by atoms with E-state index in [2.05, 4.69) is 15.2 Å². The van der Waals surface area contributed by atoms with Gasteiger partial charge in [-0.1, -0.05) is 29.8 Å². The zero-order chi connectivity index (χ0) is 17.4. The maximum Gasteiger partial charge on any atom is 0.240 e. The lowest BCUT2D eigenvalue weighted by molar-refractivity contribution is 0.565. The fraction of sp³-hybridized carbons (Fsp3) is 0.111. The van der Waals surface area contributed by atoms with Gasteiger partial charge in [0.2, 0.25) is 6.08 Å². The van der Waals surface area contributed by atoms with Gasteiger partial charge in [0, 0.05) is 16.1 Å². The van der Waals surface area contributed by atoms with Crippen molar-refractivity contribution in [2.75, 3.05) is 0 Å². The van der Waals surface area contributed by atoms with Gasteiger partial charge in [0.05, 0.1) is 17.1 Å². The molecule has 3 aromatic rings. The van der Waals surface area contributed by atoms with E-state index in [1.54, 1.807) is 18.2 Å². The van der Waals surface area contributed by atoms with Crippen LogP contribution in [-0.4, -0.2) is 26.6 Å². The second-order valence-corrected chi connectivity index (χ2v) is 5.96. The molecular weight excluding hydrogens is 338 g/mol. The van der Waals surface area contributed by atoms with Crippen LogP contribution < -0.4 is 0 Å². The molecule has 0 unspecified atom stereocenters. The summed E-state index contributed by atoms with van der Waals surface area (Å²) in [6.45, 7) is 2.26. The first kappa shape index (κ1) is 15.4. The van der Waals surface area contributed by atoms with Gasteiger partial charge in [-0.15, -0.1) is 10.2 Å². The van der Waals surface area contributed by atoms with Gasteiger partial charge in [0.1, 0.15) is 12.4 Å². The quantitative estimate of drug-likeness (QED) is 0.524. The molecule has 6 nitrogen and oxygen atoms in total. The standard InChI is InChI=1S/C18H12ClN5O/c1-11-22-23-17-9-20-18(13-4-2-3-5-15(13)19)14-8-12(21-10-25)6-7-16(14)24(11)17/h2-8H,9H2,1H3. The van der Waals surface area contributed by atoms with E-state index in [-0.39, 0.29) is 0 Å². The van der Waals surface area contributed by atoms with Crippen LogP contribution in [0, 0.1) is 6.92 Å². The number of nitrogens with zero attached hydrogens (tertiary/aromatic N) is 5. The number of halogens is 1. The van der Waals surface area contributed by atoms with Crippen molar-refractivity contribution >= 4 is 29.1 Å². The highest BCUT2D eigenvalue weighted by Gasteiger charge is 2.23. The van der Waals surface area contributed by atoms with Crippen molar-refractivity contribution in [1.29, 1.82) is 0 Å². The molecule has 0 fully saturated rings. The van der Waals surface area contributed by atoms with Gasteiger partial charge < -0.3 is 0 Å². The number of isocyanates is 1. The summed E-state index contributed by atoms with van der Waals surface area (Å²) < 4.78 is 1.96. The molecule has 122 valence electrons. The summed E-state index contributed by atoms with van der Waals surface area (Å²) in [7, 11) is 0. The Morgan fingerprint density at radius 1 is 1.16 bits per heavy atom. The molecule has 1 aliphatic heterocycles. The summed E-state index contributed by atoms with van der Waals surface area (Å²) in [5, 5.41) is 8.96. The van der Waals surface area contributed by atoms with Gasteiger partial charge in [0.15, 0.2) is 5.82 Å². The van der Waals surface area contributed by atoms with E-state index in [4.69, 9.17) is 16.6 Å². The molecule has 1 aliphatic rings. The normalized spacial score (nSPS) is 12.5. The van der Waals surface area contributed by atoms with Crippen molar-refractivity contribution in [3.8, 4) is 5.69 Å². The van der Waals surface area contributed by atoms with E-state index in [0.717, 1.165) is 34.2 Å². The average Bonchev–Trinajstić information content (AvgIpc) is 2.89. The highest BCUT2D eigenvalue weighted by molar-refractivity contribution is 6.35. The van der Waals surface area contributed by atoms with Gasteiger partial charge in [-0.25, -0.2) is 4.79 Å². The van der Waals surface area contributed by atoms with E-state index in [1.165, 1.54) is 0 Å². The lowest BCUT2D eigenvalue weighted by atomic mass is 9.99. The van der Waals surface area contributed by atoms with E-state index in [0.29, 0.717) is 17.3 Å². The van der Waals surface area contributed by atoms with Gasteiger partial charge in [-0.2, -0.15) is 4.99 Å². The predicted octanol–water partition coefficient (Wildman–Crippen LogP) is 3.55. The van der Waals surface area contributed by atoms with Crippen LogP contribution in [0.5, 0.6) is 0 Å². The van der Waals surface area contributed by atoms with Gasteiger partial charge in [-0.3, -0.25) is 9.56 Å². The summed E-state index contributed by atoms with van der Waals surface area (Å²) in [5.74, 6) is 1.51. The highest BCUT2D eigenvalue weighted by Crippen LogP contribution is 2.30. The van der Waals surface area contributed by atoms with Crippen LogP contribution in [0.2, 0.25) is 5.02 Å². The maximum atomic E-state index is 10.7. The molecule has 0 bridgehead atoms. The predicted molar refractivity (Wildman–Crippen MR) is 94.7 cm³/mol. The molecule has 2 heterocycles. The minimum Gasteiger partial charge on any atom is -0.281 e. The molecular formula is C18H12ClN5O. The monoisotopic (exact) mass is 349 g/mol. The third-order valence-corrected chi connectivity index (χ3v) is 4.38. The molecule has 1 aromatic heterocycles. The molecule has 0 atom stereocenters. The van der Waals surface area contributed by atoms with Crippen molar-refractivity contribution in [3.05, 3.63) is 70.3 Å². The molecule has 0 aliphatic carbocycles. The molecule has 0 N–H and O–H groups in total. The van der Waals surface area contributed by atoms with Crippen molar-refractivity contribution < 1.29 is 4.79 Å². The third-order valence-electron chi connectivity index (χ3n) is 4.05. The average molecular weight is 350 g/mol. The molecule has 25 heavy (non-hydrogen) atoms. The summed E-state index contributed by atoms with van der Waals surface area (Å²) >= 11 is 6.39. The van der Waals surface area contributed by atoms with Crippen molar-refractivity contribution in [2.45, 2.75) is 13.5 Å². The van der Waals surface area contributed by atoms with Gasteiger partial charge >= 0.3 is 0 Å². The summed E-state index contributed by atoms with van der Waals surface area (Å²) in [5.41, 5.74) is 3.73. The molecule has 2 aromatic carbocycles. The van der Waals surface area contributed by atoms with Crippen LogP contribution in [0.1, 0.15) is 22.8 Å². The van der Waals surface area contributed by atoms with Crippen molar-refractivity contribution in [1.82, 2.24) is 14.8 Å². The zero-order valence-corrected chi connectivity index (χ0v) is 14.0. The third kappa shape index (κ3) is 2.58. The topological polar surface area (TPSA) is 72.5 Å². The van der Waals surface area contributed by atoms with Crippen molar-refractivity contribution in [3.63, 3.8) is 0 Å². The van der Waals surface area contributed by atoms with E-state index >= 15 is 0 Å². The fourth-order valence-corrected chi connectivity index (χ4v) is 3.20. The van der Waals surface area contributed by atoms with Crippen LogP contribution >= 0.6 is 11.6 Å². The van der Waals surface area contributed by atoms with Crippen LogP contribution in [0.4, 0.5) is 5.69 Å². The minimum absolute atomic E-state index is 0.377. The molecule has 0 amide bonds. The summed E-state index contributed by atoms with van der Waals surface area (Å²) in [6, 6.07) is 13.0. The number of aliphatic imine (C=N–C) groups is 2. The van der Waals surface area contributed by atoms with E-state index < -0.39 is 0 Å². The van der Waals surface area contributed by atoms with E-state index in [1.807, 2.05) is 41.8 Å². The SMILES string of the molecule is Cc1nnc2n1-c1ccc(N=C=O)cc1C(c1ccccc1Cl)=NC2. The summed E-state index contributed by atoms with van der Waals surface area (Å²) in [6.07, 6.45) is 1.58. The van der Waals surface area contributed by atoms with Crippen LogP contribution in [0.3, 0.4) is 0 Å². The lowest BCUT2D eigenvalue weighted by Gasteiger charge is -2.13. The molecule has 0 radical (unpaired) electrons. The molecule has 0 saturated carbocycles. The number of benzene rings is 2. The van der Waals surface area contributed by atoms with Crippen LogP contribution in [0.15, 0.2) is 52.4 Å². The molecule has 7 heteroatoms. The zero-order valence-electron chi connectivity index (χ0n) is 13.3. The first-order valence-corrected chi connectivity index (χ1v) is 8.00. The summed E-state index contributed by atoms with van der Waals surface area (Å²) in [4.78, 5) is 19.1. The van der Waals surface area contributed by atoms with Crippen LogP contribution in [0.25, 0.3) is 5.69 Å². The second kappa shape index (κ2) is 6.09. The maximum absolute atomic E-state index is 10.7. The Labute approximate surface area is 148 Å². The number of hydrogen-bond acceptors (Lipinski definition) is 5. The smallest absolute Gasteiger partial charge is 0.240 e.